The molecule has 3 atom stereocenters. The number of carbonyl (C=O) groups is 2. The van der Waals surface area contributed by atoms with Crippen LogP contribution in [0.5, 0.6) is 0 Å². The van der Waals surface area contributed by atoms with Crippen molar-refractivity contribution in [2.45, 2.75) is 50.3 Å². The van der Waals surface area contributed by atoms with Crippen LogP contribution in [-0.4, -0.2) is 79.1 Å². The van der Waals surface area contributed by atoms with Crippen LogP contribution in [0, 0.1) is 6.92 Å². The first-order valence-corrected chi connectivity index (χ1v) is 17.7. The molecule has 1 aliphatic heterocycles. The second-order valence-electron chi connectivity index (χ2n) is 11.2. The summed E-state index contributed by atoms with van der Waals surface area (Å²) >= 11 is 1.87. The van der Waals surface area contributed by atoms with E-state index in [9.17, 15) is 23.1 Å². The number of thioether (sulfide) groups is 1. The van der Waals surface area contributed by atoms with Gasteiger partial charge in [0.2, 0.25) is 0 Å². The van der Waals surface area contributed by atoms with E-state index in [0.29, 0.717) is 36.1 Å². The van der Waals surface area contributed by atoms with Crippen LogP contribution in [0.1, 0.15) is 39.9 Å². The highest BCUT2D eigenvalue weighted by atomic mass is 32.2. The van der Waals surface area contributed by atoms with Gasteiger partial charge in [0.15, 0.2) is 0 Å². The summed E-state index contributed by atoms with van der Waals surface area (Å²) in [5.74, 6) is -2.16. The summed E-state index contributed by atoms with van der Waals surface area (Å²) in [7, 11) is -3.39. The number of rotatable bonds is 14. The Balaban J connectivity index is 1.56. The van der Waals surface area contributed by atoms with Gasteiger partial charge in [-0.15, -0.1) is 0 Å². The molecular weight excluding hydrogens is 585 g/mol. The summed E-state index contributed by atoms with van der Waals surface area (Å²) in [6.45, 7) is 4.78. The molecule has 0 aromatic heterocycles. The number of aryl methyl sites for hydroxylation is 1. The van der Waals surface area contributed by atoms with Gasteiger partial charge in [0, 0.05) is 36.2 Å². The minimum Gasteiger partial charge on any atom is -0.480 e. The third kappa shape index (κ3) is 9.40. The number of benzene rings is 3. The summed E-state index contributed by atoms with van der Waals surface area (Å²) in [4.78, 5) is 27.8. The van der Waals surface area contributed by atoms with Gasteiger partial charge in [0.25, 0.3) is 5.91 Å². The number of carboxylic acid groups (broad SMARTS) is 1. The molecule has 1 aliphatic rings. The fraction of sp³-hybridized carbons (Fsp3) is 0.394. The molecule has 230 valence electrons. The van der Waals surface area contributed by atoms with Crippen LogP contribution in [0.25, 0.3) is 11.1 Å². The lowest BCUT2D eigenvalue weighted by Crippen LogP contribution is -2.42. The maximum Gasteiger partial charge on any atom is 0.326 e. The Bertz CT molecular complexity index is 1510. The largest absolute Gasteiger partial charge is 0.480 e. The van der Waals surface area contributed by atoms with Crippen molar-refractivity contribution < 1.29 is 27.9 Å². The molecule has 2 N–H and O–H groups in total. The Morgan fingerprint density at radius 3 is 2.44 bits per heavy atom. The normalized spacial score (nSPS) is 17.9. The molecule has 0 spiro atoms. The van der Waals surface area contributed by atoms with Gasteiger partial charge in [-0.25, -0.2) is 13.2 Å². The predicted octanol–water partition coefficient (Wildman–Crippen LogP) is 4.80. The minimum absolute atomic E-state index is 0.211. The molecule has 0 aliphatic carbocycles. The van der Waals surface area contributed by atoms with Crippen LogP contribution in [0.15, 0.2) is 72.8 Å². The van der Waals surface area contributed by atoms with E-state index in [2.05, 4.69) is 28.6 Å². The van der Waals surface area contributed by atoms with Crippen LogP contribution in [-0.2, 0) is 32.5 Å². The number of carbonyl (C=O) groups excluding carboxylic acids is 1. The number of hydrogen-bond acceptors (Lipinski definition) is 7. The molecule has 0 bridgehead atoms. The number of amides is 1. The van der Waals surface area contributed by atoms with Crippen molar-refractivity contribution >= 4 is 33.5 Å². The maximum atomic E-state index is 13.5. The molecule has 1 amide bonds. The lowest BCUT2D eigenvalue weighted by atomic mass is 9.93. The monoisotopic (exact) mass is 624 g/mol. The summed E-state index contributed by atoms with van der Waals surface area (Å²) in [5.41, 5.74) is 5.09. The fourth-order valence-electron chi connectivity index (χ4n) is 5.41. The first-order valence-electron chi connectivity index (χ1n) is 14.3. The quantitative estimate of drug-likeness (QED) is 0.263. The molecule has 3 aromatic carbocycles. The lowest BCUT2D eigenvalue weighted by molar-refractivity contribution is -0.139. The minimum atomic E-state index is -3.39. The van der Waals surface area contributed by atoms with Crippen LogP contribution in [0.4, 0.5) is 0 Å². The number of likely N-dealkylation sites (tertiary alicyclic amines) is 1. The number of carboxylic acids is 1. The van der Waals surface area contributed by atoms with Crippen LogP contribution in [0.3, 0.4) is 0 Å². The van der Waals surface area contributed by atoms with Gasteiger partial charge in [-0.05, 0) is 66.0 Å². The number of sulfone groups is 1. The number of aliphatic carboxylic acids is 1. The van der Waals surface area contributed by atoms with Crippen molar-refractivity contribution in [2.24, 2.45) is 0 Å². The van der Waals surface area contributed by atoms with E-state index >= 15 is 0 Å². The molecule has 43 heavy (non-hydrogen) atoms. The Kier molecular flexibility index (Phi) is 11.4. The SMILES string of the molecule is CS[C@H]1C[C@@H](COCc2ccccc2)N(Cc2ccc(C(=O)N[C@@H](CCS(C)(=O)=O)C(=O)O)c(-c3ccccc3C)c2)C1. The average Bonchev–Trinajstić information content (AvgIpc) is 3.36. The van der Waals surface area contributed by atoms with E-state index in [1.54, 1.807) is 6.07 Å². The molecule has 1 saturated heterocycles. The van der Waals surface area contributed by atoms with Crippen LogP contribution in [0.2, 0.25) is 0 Å². The van der Waals surface area contributed by atoms with Gasteiger partial charge in [-0.3, -0.25) is 9.69 Å². The van der Waals surface area contributed by atoms with Gasteiger partial charge < -0.3 is 15.2 Å². The summed E-state index contributed by atoms with van der Waals surface area (Å²) < 4.78 is 29.4. The number of hydrogen-bond donors (Lipinski definition) is 2. The van der Waals surface area contributed by atoms with Crippen molar-refractivity contribution in [1.82, 2.24) is 10.2 Å². The molecule has 0 unspecified atom stereocenters. The Hall–Kier alpha value is -3.18. The zero-order chi connectivity index (χ0) is 31.0. The number of nitrogens with zero attached hydrogens (tertiary/aromatic N) is 1. The van der Waals surface area contributed by atoms with Gasteiger partial charge in [0.05, 0.1) is 19.0 Å². The Morgan fingerprint density at radius 1 is 1.05 bits per heavy atom. The molecule has 8 nitrogen and oxygen atoms in total. The van der Waals surface area contributed by atoms with E-state index in [1.165, 1.54) is 0 Å². The molecular formula is C33H40N2O6S2. The smallest absolute Gasteiger partial charge is 0.326 e. The first kappa shape index (κ1) is 32.7. The summed E-state index contributed by atoms with van der Waals surface area (Å²) in [6, 6.07) is 22.5. The standard InChI is InChI=1S/C33H40N2O6S2/c1-23-9-7-8-12-28(23)30-17-25(13-14-29(30)32(36)34-31(33(37)38)15-16-43(3,39)40)19-35-20-27(42-2)18-26(35)22-41-21-24-10-5-4-6-11-24/h4-14,17,26-27,31H,15-16,18-22H2,1-3H3,(H,34,36)(H,37,38)/t26-,27-,31-/m0/s1. The maximum absolute atomic E-state index is 13.5. The molecule has 1 heterocycles. The predicted molar refractivity (Wildman–Crippen MR) is 172 cm³/mol. The molecule has 0 radical (unpaired) electrons. The van der Waals surface area contributed by atoms with Crippen LogP contribution >= 0.6 is 11.8 Å². The van der Waals surface area contributed by atoms with E-state index < -0.39 is 27.8 Å². The highest BCUT2D eigenvalue weighted by Gasteiger charge is 2.32. The first-order chi connectivity index (χ1) is 20.5. The molecule has 1 fully saturated rings. The van der Waals surface area contributed by atoms with Crippen LogP contribution < -0.4 is 5.32 Å². The average molecular weight is 625 g/mol. The molecule has 10 heteroatoms. The molecule has 3 aromatic rings. The van der Waals surface area contributed by atoms with E-state index in [1.807, 2.05) is 73.3 Å². The highest BCUT2D eigenvalue weighted by molar-refractivity contribution is 7.99. The second kappa shape index (κ2) is 15.0. The number of nitrogens with one attached hydrogen (secondary N) is 1. The molecule has 0 saturated carbocycles. The zero-order valence-electron chi connectivity index (χ0n) is 24.9. The van der Waals surface area contributed by atoms with E-state index in [4.69, 9.17) is 4.74 Å². The Morgan fingerprint density at radius 2 is 1.77 bits per heavy atom. The van der Waals surface area contributed by atoms with Gasteiger partial charge in [-0.2, -0.15) is 11.8 Å². The van der Waals surface area contributed by atoms with Gasteiger partial charge >= 0.3 is 5.97 Å². The van der Waals surface area contributed by atoms with E-state index in [0.717, 1.165) is 41.5 Å². The van der Waals surface area contributed by atoms with E-state index in [-0.39, 0.29) is 18.2 Å². The topological polar surface area (TPSA) is 113 Å². The van der Waals surface area contributed by atoms with Crippen molar-refractivity contribution in [3.8, 4) is 11.1 Å². The summed E-state index contributed by atoms with van der Waals surface area (Å²) in [6.07, 6.45) is 4.01. The van der Waals surface area contributed by atoms with Crippen molar-refractivity contribution in [3.05, 3.63) is 95.1 Å². The fourth-order valence-corrected chi connectivity index (χ4v) is 6.83. The third-order valence-electron chi connectivity index (χ3n) is 7.77. The van der Waals surface area contributed by atoms with Crippen molar-refractivity contribution in [1.29, 1.82) is 0 Å². The molecule has 4 rings (SSSR count). The third-order valence-corrected chi connectivity index (χ3v) is 9.76. The van der Waals surface area contributed by atoms with Gasteiger partial charge in [-0.1, -0.05) is 60.7 Å². The van der Waals surface area contributed by atoms with Crippen molar-refractivity contribution in [2.75, 3.05) is 31.4 Å². The lowest BCUT2D eigenvalue weighted by Gasteiger charge is -2.25. The zero-order valence-corrected chi connectivity index (χ0v) is 26.5. The van der Waals surface area contributed by atoms with Gasteiger partial charge in [0.1, 0.15) is 15.9 Å². The second-order valence-corrected chi connectivity index (χ2v) is 14.6. The highest BCUT2D eigenvalue weighted by Crippen LogP contribution is 2.32. The van der Waals surface area contributed by atoms with Crippen molar-refractivity contribution in [3.63, 3.8) is 0 Å². The summed E-state index contributed by atoms with van der Waals surface area (Å²) in [5, 5.41) is 12.7. The Labute approximate surface area is 258 Å². The number of ether oxygens (including phenoxy) is 1.